The average Bonchev–Trinajstić information content (AvgIpc) is 2.78. The van der Waals surface area contributed by atoms with Crippen LogP contribution in [-0.4, -0.2) is 94.1 Å². The van der Waals surface area contributed by atoms with E-state index in [2.05, 4.69) is 57.7 Å². The predicted molar refractivity (Wildman–Crippen MR) is 131 cm³/mol. The van der Waals surface area contributed by atoms with Crippen LogP contribution in [0.25, 0.3) is 0 Å². The summed E-state index contributed by atoms with van der Waals surface area (Å²) in [6, 6.07) is 0.918. The van der Waals surface area contributed by atoms with E-state index in [0.29, 0.717) is 18.8 Å². The van der Waals surface area contributed by atoms with E-state index in [-0.39, 0.29) is 30.6 Å². The van der Waals surface area contributed by atoms with Crippen molar-refractivity contribution in [3.63, 3.8) is 0 Å². The zero-order valence-corrected chi connectivity index (χ0v) is 20.8. The summed E-state index contributed by atoms with van der Waals surface area (Å²) in [4.78, 5) is 2.41. The van der Waals surface area contributed by atoms with Crippen molar-refractivity contribution in [3.05, 3.63) is 0 Å². The zero-order chi connectivity index (χ0) is 22.9. The van der Waals surface area contributed by atoms with E-state index in [1.165, 1.54) is 19.3 Å². The summed E-state index contributed by atoms with van der Waals surface area (Å²) >= 11 is 0. The molecule has 3 aliphatic rings. The topological polar surface area (TPSA) is 111 Å². The molecule has 3 fully saturated rings. The second kappa shape index (κ2) is 13.5. The van der Waals surface area contributed by atoms with Gasteiger partial charge in [-0.2, -0.15) is 0 Å². The van der Waals surface area contributed by atoms with E-state index in [9.17, 15) is 0 Å². The Kier molecular flexibility index (Phi) is 11.1. The van der Waals surface area contributed by atoms with Crippen molar-refractivity contribution in [3.8, 4) is 0 Å². The molecule has 0 bridgehead atoms. The van der Waals surface area contributed by atoms with Gasteiger partial charge in [-0.15, -0.1) is 0 Å². The third-order valence-electron chi connectivity index (χ3n) is 7.38. The highest BCUT2D eigenvalue weighted by molar-refractivity contribution is 5.02. The molecule has 9 nitrogen and oxygen atoms in total. The number of nitrogens with zero attached hydrogens (tertiary/aromatic N) is 1. The maximum absolute atomic E-state index is 6.66. The van der Waals surface area contributed by atoms with Gasteiger partial charge in [0, 0.05) is 31.3 Å². The van der Waals surface area contributed by atoms with Crippen molar-refractivity contribution < 1.29 is 4.74 Å². The maximum Gasteiger partial charge on any atom is 0.113 e. The van der Waals surface area contributed by atoms with E-state index in [0.717, 1.165) is 51.5 Å². The Morgan fingerprint density at radius 2 is 1.91 bits per heavy atom. The van der Waals surface area contributed by atoms with Gasteiger partial charge in [-0.05, 0) is 71.6 Å². The van der Waals surface area contributed by atoms with Gasteiger partial charge in [0.15, 0.2) is 0 Å². The van der Waals surface area contributed by atoms with Crippen LogP contribution < -0.4 is 37.6 Å². The van der Waals surface area contributed by atoms with Crippen LogP contribution in [0.5, 0.6) is 0 Å². The highest BCUT2D eigenvalue weighted by Gasteiger charge is 2.41. The monoisotopic (exact) mass is 454 g/mol. The maximum atomic E-state index is 6.66. The van der Waals surface area contributed by atoms with Crippen LogP contribution in [0.2, 0.25) is 0 Å². The Balaban J connectivity index is 1.69. The molecule has 188 valence electrons. The molecule has 7 atom stereocenters. The number of likely N-dealkylation sites (tertiary alicyclic amines) is 1. The lowest BCUT2D eigenvalue weighted by Gasteiger charge is -2.49. The highest BCUT2D eigenvalue weighted by Crippen LogP contribution is 2.17. The Bertz CT molecular complexity index is 518. The normalized spacial score (nSPS) is 36.3. The molecule has 0 spiro atoms. The van der Waals surface area contributed by atoms with Crippen LogP contribution in [0.3, 0.4) is 0 Å². The van der Waals surface area contributed by atoms with Gasteiger partial charge in [-0.1, -0.05) is 13.8 Å². The van der Waals surface area contributed by atoms with Gasteiger partial charge in [0.1, 0.15) is 6.29 Å². The smallest absolute Gasteiger partial charge is 0.113 e. The SMILES string of the molecule is CCOCCNC1C(NC2CC(C)CCN2)NC(NC2CCN(C)CC2)NC1C(N)CC. The molecule has 9 heteroatoms. The summed E-state index contributed by atoms with van der Waals surface area (Å²) in [5.74, 6) is 0.738. The molecule has 0 saturated carbocycles. The number of piperidine rings is 2. The lowest BCUT2D eigenvalue weighted by Crippen LogP contribution is -2.80. The van der Waals surface area contributed by atoms with Crippen molar-refractivity contribution in [1.29, 1.82) is 0 Å². The fraction of sp³-hybridized carbons (Fsp3) is 1.00. The summed E-state index contributed by atoms with van der Waals surface area (Å²) in [6.07, 6.45) is 6.14. The molecule has 3 aliphatic heterocycles. The Morgan fingerprint density at radius 3 is 2.59 bits per heavy atom. The molecule has 3 saturated heterocycles. The van der Waals surface area contributed by atoms with E-state index < -0.39 is 0 Å². The van der Waals surface area contributed by atoms with Crippen molar-refractivity contribution >= 4 is 0 Å². The van der Waals surface area contributed by atoms with E-state index in [1.807, 2.05) is 6.92 Å². The summed E-state index contributed by atoms with van der Waals surface area (Å²) < 4.78 is 5.59. The average molecular weight is 455 g/mol. The molecule has 7 unspecified atom stereocenters. The number of nitrogens with two attached hydrogens (primary N) is 1. The van der Waals surface area contributed by atoms with Gasteiger partial charge in [0.05, 0.1) is 25.0 Å². The molecule has 0 aromatic heterocycles. The number of rotatable bonds is 11. The lowest BCUT2D eigenvalue weighted by atomic mass is 9.92. The largest absolute Gasteiger partial charge is 0.380 e. The molecule has 8 N–H and O–H groups in total. The molecule has 0 aromatic carbocycles. The number of hydrogen-bond acceptors (Lipinski definition) is 9. The molecular formula is C23H50N8O. The summed E-state index contributed by atoms with van der Waals surface area (Å²) in [6.45, 7) is 12.2. The summed E-state index contributed by atoms with van der Waals surface area (Å²) in [5, 5.41) is 22.8. The first-order valence-corrected chi connectivity index (χ1v) is 13.0. The quantitative estimate of drug-likeness (QED) is 0.208. The van der Waals surface area contributed by atoms with Crippen molar-refractivity contribution in [1.82, 2.24) is 36.8 Å². The van der Waals surface area contributed by atoms with Gasteiger partial charge in [0.2, 0.25) is 0 Å². The second-order valence-electron chi connectivity index (χ2n) is 10.1. The minimum atomic E-state index is 0.0365. The van der Waals surface area contributed by atoms with Crippen LogP contribution in [-0.2, 0) is 4.74 Å². The minimum absolute atomic E-state index is 0.0365. The zero-order valence-electron chi connectivity index (χ0n) is 20.8. The molecule has 3 heterocycles. The number of hydrogen-bond donors (Lipinski definition) is 7. The minimum Gasteiger partial charge on any atom is -0.380 e. The first-order chi connectivity index (χ1) is 15.5. The first-order valence-electron chi connectivity index (χ1n) is 13.0. The third-order valence-corrected chi connectivity index (χ3v) is 7.38. The van der Waals surface area contributed by atoms with Crippen LogP contribution in [0, 0.1) is 5.92 Å². The summed E-state index contributed by atoms with van der Waals surface area (Å²) in [7, 11) is 2.21. The van der Waals surface area contributed by atoms with Gasteiger partial charge >= 0.3 is 0 Å². The Morgan fingerprint density at radius 1 is 1.12 bits per heavy atom. The molecule has 0 aromatic rings. The molecular weight excluding hydrogens is 404 g/mol. The molecule has 0 amide bonds. The van der Waals surface area contributed by atoms with Crippen molar-refractivity contribution in [2.75, 3.05) is 46.4 Å². The highest BCUT2D eigenvalue weighted by atomic mass is 16.5. The van der Waals surface area contributed by atoms with E-state index >= 15 is 0 Å². The van der Waals surface area contributed by atoms with Gasteiger partial charge in [-0.25, -0.2) is 0 Å². The van der Waals surface area contributed by atoms with Gasteiger partial charge in [0.25, 0.3) is 0 Å². The fourth-order valence-electron chi connectivity index (χ4n) is 5.28. The fourth-order valence-corrected chi connectivity index (χ4v) is 5.28. The molecule has 3 rings (SSSR count). The summed E-state index contributed by atoms with van der Waals surface area (Å²) in [5.41, 5.74) is 6.66. The van der Waals surface area contributed by atoms with Crippen LogP contribution in [0.4, 0.5) is 0 Å². The number of nitrogens with one attached hydrogen (secondary N) is 6. The van der Waals surface area contributed by atoms with Crippen LogP contribution in [0.1, 0.15) is 52.9 Å². The van der Waals surface area contributed by atoms with E-state index in [4.69, 9.17) is 10.5 Å². The van der Waals surface area contributed by atoms with E-state index in [1.54, 1.807) is 0 Å². The molecule has 0 radical (unpaired) electrons. The second-order valence-corrected chi connectivity index (χ2v) is 10.1. The van der Waals surface area contributed by atoms with Gasteiger partial charge in [-0.3, -0.25) is 21.3 Å². The van der Waals surface area contributed by atoms with Crippen LogP contribution >= 0.6 is 0 Å². The van der Waals surface area contributed by atoms with Gasteiger partial charge < -0.3 is 26.0 Å². The third kappa shape index (κ3) is 7.85. The van der Waals surface area contributed by atoms with Crippen molar-refractivity contribution in [2.45, 2.75) is 95.7 Å². The Hall–Kier alpha value is -0.360. The lowest BCUT2D eigenvalue weighted by molar-refractivity contribution is 0.0847. The molecule has 0 aliphatic carbocycles. The standard InChI is InChI=1S/C23H50N8O/c1-5-18(24)20-21(26-11-14-32-6-2)22(28-19-15-16(3)7-10-25-19)30-23(29-20)27-17-8-12-31(4)13-9-17/h16-23,25-30H,5-15,24H2,1-4H3. The van der Waals surface area contributed by atoms with Crippen LogP contribution in [0.15, 0.2) is 0 Å². The predicted octanol–water partition coefficient (Wildman–Crippen LogP) is -0.491. The first kappa shape index (κ1) is 26.2. The number of ether oxygens (including phenoxy) is 1. The van der Waals surface area contributed by atoms with Crippen molar-refractivity contribution in [2.24, 2.45) is 11.7 Å². The Labute approximate surface area is 195 Å². The molecule has 32 heavy (non-hydrogen) atoms.